The van der Waals surface area contributed by atoms with Gasteiger partial charge < -0.3 is 4.90 Å². The lowest BCUT2D eigenvalue weighted by atomic mass is 9.93. The standard InChI is InChI=1S/C19H26N6O/c26-19(15-5-3-1-2-4-6-15)25-11-7-14(8-12-25)17-22-18(24-23-17)16-13-20-9-10-21-16/h9-10,13-15H,1-8,11-12H2,(H,22,23,24). The van der Waals surface area contributed by atoms with Crippen LogP contribution in [0.5, 0.6) is 0 Å². The lowest BCUT2D eigenvalue weighted by molar-refractivity contribution is -0.137. The summed E-state index contributed by atoms with van der Waals surface area (Å²) in [6, 6.07) is 0. The predicted molar refractivity (Wildman–Crippen MR) is 97.2 cm³/mol. The van der Waals surface area contributed by atoms with Crippen molar-refractivity contribution in [3.05, 3.63) is 24.4 Å². The van der Waals surface area contributed by atoms with Crippen LogP contribution in [0.2, 0.25) is 0 Å². The lowest BCUT2D eigenvalue weighted by Crippen LogP contribution is -2.41. The van der Waals surface area contributed by atoms with Crippen LogP contribution in [-0.2, 0) is 4.79 Å². The number of aromatic nitrogens is 5. The number of amides is 1. The molecular weight excluding hydrogens is 328 g/mol. The van der Waals surface area contributed by atoms with Crippen molar-refractivity contribution in [3.8, 4) is 11.5 Å². The second-order valence-electron chi connectivity index (χ2n) is 7.42. The molecule has 1 N–H and O–H groups in total. The highest BCUT2D eigenvalue weighted by Gasteiger charge is 2.30. The molecular formula is C19H26N6O. The summed E-state index contributed by atoms with van der Waals surface area (Å²) < 4.78 is 0. The second kappa shape index (κ2) is 7.93. The Hall–Kier alpha value is -2.31. The van der Waals surface area contributed by atoms with Crippen LogP contribution in [0.4, 0.5) is 0 Å². The Morgan fingerprint density at radius 2 is 1.81 bits per heavy atom. The number of rotatable bonds is 3. The van der Waals surface area contributed by atoms with Crippen molar-refractivity contribution in [2.45, 2.75) is 57.3 Å². The van der Waals surface area contributed by atoms with Gasteiger partial charge in [0.05, 0.1) is 6.20 Å². The highest BCUT2D eigenvalue weighted by molar-refractivity contribution is 5.79. The van der Waals surface area contributed by atoms with Gasteiger partial charge in [-0.2, -0.15) is 5.10 Å². The van der Waals surface area contributed by atoms with Gasteiger partial charge in [-0.3, -0.25) is 14.9 Å². The maximum atomic E-state index is 12.8. The third kappa shape index (κ3) is 3.76. The zero-order chi connectivity index (χ0) is 17.8. The SMILES string of the molecule is O=C(C1CCCCCC1)N1CCC(c2nc(-c3cnccn3)n[nH]2)CC1. The fourth-order valence-electron chi connectivity index (χ4n) is 4.14. The number of hydrogen-bond acceptors (Lipinski definition) is 5. The average Bonchev–Trinajstić information content (AvgIpc) is 3.04. The Labute approximate surface area is 153 Å². The number of nitrogens with one attached hydrogen (secondary N) is 1. The van der Waals surface area contributed by atoms with Gasteiger partial charge in [-0.05, 0) is 25.7 Å². The minimum atomic E-state index is 0.252. The molecule has 2 aromatic rings. The predicted octanol–water partition coefficient (Wildman–Crippen LogP) is 2.94. The van der Waals surface area contributed by atoms with Crippen molar-refractivity contribution in [1.29, 1.82) is 0 Å². The zero-order valence-electron chi connectivity index (χ0n) is 15.1. The molecule has 2 fully saturated rings. The summed E-state index contributed by atoms with van der Waals surface area (Å²) in [4.78, 5) is 27.8. The number of aromatic amines is 1. The minimum absolute atomic E-state index is 0.252. The molecule has 1 saturated heterocycles. The molecule has 0 unspecified atom stereocenters. The third-order valence-electron chi connectivity index (χ3n) is 5.69. The van der Waals surface area contributed by atoms with E-state index in [2.05, 4.69) is 30.0 Å². The first-order chi connectivity index (χ1) is 12.8. The van der Waals surface area contributed by atoms with Crippen LogP contribution in [0.1, 0.15) is 63.1 Å². The van der Waals surface area contributed by atoms with E-state index in [1.54, 1.807) is 18.6 Å². The Balaban J connectivity index is 1.35. The summed E-state index contributed by atoms with van der Waals surface area (Å²) in [5, 5.41) is 7.34. The largest absolute Gasteiger partial charge is 0.342 e. The molecule has 26 heavy (non-hydrogen) atoms. The number of carbonyl (C=O) groups excluding carboxylic acids is 1. The van der Waals surface area contributed by atoms with Gasteiger partial charge in [0, 0.05) is 37.3 Å². The molecule has 2 aromatic heterocycles. The molecule has 0 aromatic carbocycles. The Morgan fingerprint density at radius 3 is 2.50 bits per heavy atom. The fourth-order valence-corrected chi connectivity index (χ4v) is 4.14. The van der Waals surface area contributed by atoms with Crippen LogP contribution >= 0.6 is 0 Å². The normalized spacial score (nSPS) is 20.1. The lowest BCUT2D eigenvalue weighted by Gasteiger charge is -2.33. The molecule has 3 heterocycles. The Morgan fingerprint density at radius 1 is 1.04 bits per heavy atom. The van der Waals surface area contributed by atoms with Crippen LogP contribution in [0, 0.1) is 5.92 Å². The van der Waals surface area contributed by atoms with Crippen molar-refractivity contribution in [1.82, 2.24) is 30.0 Å². The van der Waals surface area contributed by atoms with Gasteiger partial charge in [-0.15, -0.1) is 0 Å². The van der Waals surface area contributed by atoms with Crippen molar-refractivity contribution < 1.29 is 4.79 Å². The van der Waals surface area contributed by atoms with Crippen LogP contribution in [0.3, 0.4) is 0 Å². The first-order valence-corrected chi connectivity index (χ1v) is 9.79. The quantitative estimate of drug-likeness (QED) is 0.856. The van der Waals surface area contributed by atoms with Crippen molar-refractivity contribution in [2.24, 2.45) is 5.92 Å². The van der Waals surface area contributed by atoms with Crippen molar-refractivity contribution in [3.63, 3.8) is 0 Å². The summed E-state index contributed by atoms with van der Waals surface area (Å²) in [6.07, 6.45) is 13.9. The molecule has 7 nitrogen and oxygen atoms in total. The summed E-state index contributed by atoms with van der Waals surface area (Å²) in [5.74, 6) is 2.44. The van der Waals surface area contributed by atoms with Gasteiger partial charge in [-0.25, -0.2) is 9.97 Å². The summed E-state index contributed by atoms with van der Waals surface area (Å²) in [5.41, 5.74) is 0.677. The maximum Gasteiger partial charge on any atom is 0.225 e. The van der Waals surface area contributed by atoms with E-state index in [0.717, 1.165) is 44.6 Å². The van der Waals surface area contributed by atoms with E-state index < -0.39 is 0 Å². The van der Waals surface area contributed by atoms with Crippen LogP contribution in [-0.4, -0.2) is 49.0 Å². The number of H-pyrrole nitrogens is 1. The molecule has 0 atom stereocenters. The molecule has 1 saturated carbocycles. The zero-order valence-corrected chi connectivity index (χ0v) is 15.1. The molecule has 0 radical (unpaired) electrons. The van der Waals surface area contributed by atoms with Crippen LogP contribution < -0.4 is 0 Å². The molecule has 1 aliphatic heterocycles. The van der Waals surface area contributed by atoms with Gasteiger partial charge in [0.1, 0.15) is 11.5 Å². The molecule has 0 spiro atoms. The van der Waals surface area contributed by atoms with Gasteiger partial charge in [0.25, 0.3) is 0 Å². The first kappa shape index (κ1) is 17.1. The van der Waals surface area contributed by atoms with Crippen molar-refractivity contribution in [2.75, 3.05) is 13.1 Å². The number of likely N-dealkylation sites (tertiary alicyclic amines) is 1. The first-order valence-electron chi connectivity index (χ1n) is 9.79. The van der Waals surface area contributed by atoms with E-state index in [1.807, 2.05) is 0 Å². The Kier molecular flexibility index (Phi) is 5.22. The van der Waals surface area contributed by atoms with Crippen LogP contribution in [0.25, 0.3) is 11.5 Å². The highest BCUT2D eigenvalue weighted by atomic mass is 16.2. The summed E-state index contributed by atoms with van der Waals surface area (Å²) >= 11 is 0. The smallest absolute Gasteiger partial charge is 0.225 e. The van der Waals surface area contributed by atoms with E-state index >= 15 is 0 Å². The molecule has 4 rings (SSSR count). The van der Waals surface area contributed by atoms with Crippen molar-refractivity contribution >= 4 is 5.91 Å². The number of carbonyl (C=O) groups is 1. The number of piperidine rings is 1. The van der Waals surface area contributed by atoms with Gasteiger partial charge in [0.15, 0.2) is 0 Å². The van der Waals surface area contributed by atoms with E-state index in [-0.39, 0.29) is 5.92 Å². The average molecular weight is 354 g/mol. The molecule has 1 amide bonds. The number of hydrogen-bond donors (Lipinski definition) is 1. The Bertz CT molecular complexity index is 715. The van der Waals surface area contributed by atoms with E-state index in [1.165, 1.54) is 25.7 Å². The topological polar surface area (TPSA) is 87.7 Å². The molecule has 2 aliphatic rings. The van der Waals surface area contributed by atoms with Crippen LogP contribution in [0.15, 0.2) is 18.6 Å². The van der Waals surface area contributed by atoms with E-state index in [0.29, 0.717) is 23.3 Å². The monoisotopic (exact) mass is 354 g/mol. The van der Waals surface area contributed by atoms with Gasteiger partial charge in [-0.1, -0.05) is 25.7 Å². The van der Waals surface area contributed by atoms with E-state index in [4.69, 9.17) is 0 Å². The van der Waals surface area contributed by atoms with E-state index in [9.17, 15) is 4.79 Å². The summed E-state index contributed by atoms with van der Waals surface area (Å²) in [6.45, 7) is 1.64. The molecule has 138 valence electrons. The second-order valence-corrected chi connectivity index (χ2v) is 7.42. The fraction of sp³-hybridized carbons (Fsp3) is 0.632. The molecule has 1 aliphatic carbocycles. The molecule has 0 bridgehead atoms. The third-order valence-corrected chi connectivity index (χ3v) is 5.69. The highest BCUT2D eigenvalue weighted by Crippen LogP contribution is 2.30. The van der Waals surface area contributed by atoms with Gasteiger partial charge in [0.2, 0.25) is 11.7 Å². The van der Waals surface area contributed by atoms with Gasteiger partial charge >= 0.3 is 0 Å². The number of nitrogens with zero attached hydrogens (tertiary/aromatic N) is 5. The minimum Gasteiger partial charge on any atom is -0.342 e. The molecule has 7 heteroatoms. The maximum absolute atomic E-state index is 12.8. The summed E-state index contributed by atoms with van der Waals surface area (Å²) in [7, 11) is 0.